The molecule has 11 heteroatoms. The molecule has 4 heterocycles. The lowest BCUT2D eigenvalue weighted by Crippen LogP contribution is -2.44. The number of anilines is 3. The summed E-state index contributed by atoms with van der Waals surface area (Å²) in [5, 5.41) is 7.73. The Balaban J connectivity index is 1.40. The van der Waals surface area contributed by atoms with Crippen molar-refractivity contribution >= 4 is 39.8 Å². The number of amides is 1. The van der Waals surface area contributed by atoms with Gasteiger partial charge in [0.05, 0.1) is 17.4 Å². The molecule has 1 amide bonds. The Morgan fingerprint density at radius 3 is 2.60 bits per heavy atom. The second kappa shape index (κ2) is 11.0. The molecule has 0 radical (unpaired) electrons. The quantitative estimate of drug-likeness (QED) is 0.266. The molecule has 5 rings (SSSR count). The molecule has 3 aromatic heterocycles. The number of ether oxygens (including phenoxy) is 1. The molecule has 1 atom stereocenters. The molecule has 0 spiro atoms. The van der Waals surface area contributed by atoms with Crippen molar-refractivity contribution in [3.8, 4) is 11.3 Å². The van der Waals surface area contributed by atoms with E-state index >= 15 is 0 Å². The highest BCUT2D eigenvalue weighted by atomic mass is 32.1. The van der Waals surface area contributed by atoms with Crippen LogP contribution in [-0.4, -0.2) is 69.4 Å². The maximum atomic E-state index is 13.4. The van der Waals surface area contributed by atoms with E-state index in [0.29, 0.717) is 13.1 Å². The molecule has 1 saturated heterocycles. The molecule has 1 aliphatic rings. The van der Waals surface area contributed by atoms with Crippen molar-refractivity contribution in [3.05, 3.63) is 53.3 Å². The molecule has 0 N–H and O–H groups in total. The number of carbonyl (C=O) groups is 1. The largest absolute Gasteiger partial charge is 0.444 e. The SMILES string of the molecule is CCc1nc2ccc(N(C)C[C@H]3CCCN3C(=O)OC(C)(C)C)nn2c1N(C)c1nc(-c2ccc(F)cc2)cs1. The third kappa shape index (κ3) is 5.74. The van der Waals surface area contributed by atoms with Gasteiger partial charge in [-0.3, -0.25) is 0 Å². The van der Waals surface area contributed by atoms with Gasteiger partial charge in [-0.1, -0.05) is 6.92 Å². The average molecular weight is 566 g/mol. The van der Waals surface area contributed by atoms with Crippen LogP contribution in [0.4, 0.5) is 26.0 Å². The minimum atomic E-state index is -0.527. The minimum Gasteiger partial charge on any atom is -0.444 e. The summed E-state index contributed by atoms with van der Waals surface area (Å²) >= 11 is 1.51. The van der Waals surface area contributed by atoms with Crippen LogP contribution in [0.3, 0.4) is 0 Å². The van der Waals surface area contributed by atoms with Gasteiger partial charge in [-0.05, 0) is 76.4 Å². The molecule has 9 nitrogen and oxygen atoms in total. The van der Waals surface area contributed by atoms with Gasteiger partial charge in [0, 0.05) is 38.1 Å². The van der Waals surface area contributed by atoms with Gasteiger partial charge in [-0.2, -0.15) is 4.52 Å². The highest BCUT2D eigenvalue weighted by Crippen LogP contribution is 2.34. The molecule has 40 heavy (non-hydrogen) atoms. The van der Waals surface area contributed by atoms with Gasteiger partial charge in [-0.25, -0.2) is 19.2 Å². The highest BCUT2D eigenvalue weighted by Gasteiger charge is 2.33. The van der Waals surface area contributed by atoms with Crippen molar-refractivity contribution in [3.63, 3.8) is 0 Å². The Bertz CT molecular complexity index is 1490. The second-order valence-corrected chi connectivity index (χ2v) is 12.0. The smallest absolute Gasteiger partial charge is 0.410 e. The number of thiazole rings is 1. The zero-order valence-electron chi connectivity index (χ0n) is 23.9. The number of likely N-dealkylation sites (tertiary alicyclic amines) is 1. The van der Waals surface area contributed by atoms with Crippen LogP contribution < -0.4 is 9.80 Å². The first-order valence-electron chi connectivity index (χ1n) is 13.6. The number of hydrogen-bond acceptors (Lipinski definition) is 8. The first-order chi connectivity index (χ1) is 19.0. The number of nitrogens with zero attached hydrogens (tertiary/aromatic N) is 7. The van der Waals surface area contributed by atoms with E-state index in [2.05, 4.69) is 11.8 Å². The molecule has 1 aliphatic heterocycles. The predicted octanol–water partition coefficient (Wildman–Crippen LogP) is 6.16. The van der Waals surface area contributed by atoms with Gasteiger partial charge < -0.3 is 19.4 Å². The average Bonchev–Trinajstić information content (AvgIpc) is 3.65. The van der Waals surface area contributed by atoms with E-state index in [1.807, 2.05) is 66.7 Å². The Kier molecular flexibility index (Phi) is 7.67. The van der Waals surface area contributed by atoms with Gasteiger partial charge in [0.25, 0.3) is 0 Å². The summed E-state index contributed by atoms with van der Waals surface area (Å²) in [5.74, 6) is 1.36. The fourth-order valence-corrected chi connectivity index (χ4v) is 5.79. The number of halogens is 1. The lowest BCUT2D eigenvalue weighted by molar-refractivity contribution is 0.0231. The van der Waals surface area contributed by atoms with Crippen LogP contribution in [0.2, 0.25) is 0 Å². The van der Waals surface area contributed by atoms with E-state index in [4.69, 9.17) is 19.8 Å². The van der Waals surface area contributed by atoms with E-state index in [1.54, 1.807) is 12.1 Å². The number of fused-ring (bicyclic) bond motifs is 1. The van der Waals surface area contributed by atoms with Gasteiger partial charge in [0.2, 0.25) is 0 Å². The second-order valence-electron chi connectivity index (χ2n) is 11.1. The first-order valence-corrected chi connectivity index (χ1v) is 14.5. The summed E-state index contributed by atoms with van der Waals surface area (Å²) < 4.78 is 20.9. The van der Waals surface area contributed by atoms with Gasteiger partial charge >= 0.3 is 6.09 Å². The molecule has 1 aromatic carbocycles. The summed E-state index contributed by atoms with van der Waals surface area (Å²) in [5.41, 5.74) is 2.79. The van der Waals surface area contributed by atoms with Gasteiger partial charge in [0.1, 0.15) is 17.2 Å². The number of benzene rings is 1. The van der Waals surface area contributed by atoms with Crippen LogP contribution in [0.25, 0.3) is 16.9 Å². The standard InChI is InChI=1S/C29H36FN7O2S/c1-7-22-26(35(6)27-32-23(18-40-27)19-10-12-20(30)13-11-19)37-24(31-22)14-15-25(33-37)34(5)17-21-9-8-16-36(21)28(38)39-29(2,3)4/h10-15,18,21H,7-9,16-17H2,1-6H3/t21-/m1/s1. The lowest BCUT2D eigenvalue weighted by atomic mass is 10.2. The summed E-state index contributed by atoms with van der Waals surface area (Å²) in [7, 11) is 3.96. The van der Waals surface area contributed by atoms with Crippen LogP contribution in [0, 0.1) is 5.82 Å². The number of carbonyl (C=O) groups excluding carboxylic acids is 1. The van der Waals surface area contributed by atoms with E-state index in [1.165, 1.54) is 23.5 Å². The lowest BCUT2D eigenvalue weighted by Gasteiger charge is -2.31. The Morgan fingerprint density at radius 1 is 1.15 bits per heavy atom. The van der Waals surface area contributed by atoms with Crippen molar-refractivity contribution in [2.75, 3.05) is 37.0 Å². The number of likely N-dealkylation sites (N-methyl/N-ethyl adjacent to an activating group) is 1. The number of hydrogen-bond donors (Lipinski definition) is 0. The number of rotatable bonds is 7. The zero-order chi connectivity index (χ0) is 28.6. The molecule has 212 valence electrons. The summed E-state index contributed by atoms with van der Waals surface area (Å²) in [6.45, 7) is 9.08. The number of imidazole rings is 1. The maximum absolute atomic E-state index is 13.4. The van der Waals surface area contributed by atoms with Crippen LogP contribution in [0.15, 0.2) is 41.8 Å². The Labute approximate surface area is 238 Å². The topological polar surface area (TPSA) is 79.1 Å². The van der Waals surface area contributed by atoms with E-state index in [0.717, 1.165) is 58.6 Å². The third-order valence-electron chi connectivity index (χ3n) is 6.96. The van der Waals surface area contributed by atoms with Gasteiger partial charge in [0.15, 0.2) is 16.6 Å². The fraction of sp³-hybridized carbons (Fsp3) is 0.448. The van der Waals surface area contributed by atoms with Crippen LogP contribution >= 0.6 is 11.3 Å². The maximum Gasteiger partial charge on any atom is 0.410 e. The van der Waals surface area contributed by atoms with Crippen molar-refractivity contribution in [2.24, 2.45) is 0 Å². The Morgan fingerprint density at radius 2 is 1.90 bits per heavy atom. The molecule has 0 saturated carbocycles. The number of aryl methyl sites for hydroxylation is 1. The molecular weight excluding hydrogens is 529 g/mol. The van der Waals surface area contributed by atoms with E-state index in [-0.39, 0.29) is 18.0 Å². The summed E-state index contributed by atoms with van der Waals surface area (Å²) in [6.07, 6.45) is 2.35. The summed E-state index contributed by atoms with van der Waals surface area (Å²) in [6, 6.07) is 10.3. The predicted molar refractivity (Wildman–Crippen MR) is 157 cm³/mol. The fourth-order valence-electron chi connectivity index (χ4n) is 4.99. The van der Waals surface area contributed by atoms with Crippen molar-refractivity contribution < 1.29 is 13.9 Å². The van der Waals surface area contributed by atoms with Crippen molar-refractivity contribution in [1.29, 1.82) is 0 Å². The monoisotopic (exact) mass is 565 g/mol. The summed E-state index contributed by atoms with van der Waals surface area (Å²) in [4.78, 5) is 28.4. The number of aromatic nitrogens is 4. The zero-order valence-corrected chi connectivity index (χ0v) is 24.7. The van der Waals surface area contributed by atoms with Crippen LogP contribution in [-0.2, 0) is 11.2 Å². The minimum absolute atomic E-state index is 0.0497. The normalized spacial score (nSPS) is 15.6. The van der Waals surface area contributed by atoms with Gasteiger partial charge in [-0.15, -0.1) is 16.4 Å². The van der Waals surface area contributed by atoms with E-state index < -0.39 is 5.60 Å². The van der Waals surface area contributed by atoms with Crippen molar-refractivity contribution in [1.82, 2.24) is 24.5 Å². The first kappa shape index (κ1) is 27.8. The molecule has 0 bridgehead atoms. The molecule has 4 aromatic rings. The van der Waals surface area contributed by atoms with E-state index in [9.17, 15) is 9.18 Å². The molecular formula is C29H36FN7O2S. The van der Waals surface area contributed by atoms with Crippen molar-refractivity contribution in [2.45, 2.75) is 58.6 Å². The molecule has 0 aliphatic carbocycles. The van der Waals surface area contributed by atoms with Crippen LogP contribution in [0.5, 0.6) is 0 Å². The Hall–Kier alpha value is -3.73. The third-order valence-corrected chi connectivity index (χ3v) is 7.88. The molecule has 1 fully saturated rings. The van der Waals surface area contributed by atoms with Crippen LogP contribution in [0.1, 0.15) is 46.2 Å². The highest BCUT2D eigenvalue weighted by molar-refractivity contribution is 7.14. The molecule has 0 unspecified atom stereocenters.